The van der Waals surface area contributed by atoms with Crippen molar-refractivity contribution in [1.29, 1.82) is 0 Å². The summed E-state index contributed by atoms with van der Waals surface area (Å²) in [5, 5.41) is 2.44. The Kier molecular flexibility index (Phi) is 6.62. The van der Waals surface area contributed by atoms with Crippen LogP contribution in [0.15, 0.2) is 83.2 Å². The van der Waals surface area contributed by atoms with Gasteiger partial charge in [-0.05, 0) is 61.0 Å². The van der Waals surface area contributed by atoms with Gasteiger partial charge in [-0.3, -0.25) is 10.2 Å². The van der Waals surface area contributed by atoms with Crippen LogP contribution in [0, 0.1) is 6.92 Å². The van der Waals surface area contributed by atoms with E-state index in [2.05, 4.69) is 10.4 Å². The molecule has 2 aliphatic heterocycles. The minimum atomic E-state index is -0.418. The molecule has 10 heteroatoms. The van der Waals surface area contributed by atoms with Gasteiger partial charge in [-0.15, -0.1) is 0 Å². The number of amidine groups is 1. The Morgan fingerprint density at radius 2 is 1.67 bits per heavy atom. The average molecular weight is 560 g/mol. The SMILES string of the molecule is Cc1ccc(Cl)c(N=C2NN(c3c(Cl)cc(Cl)cc3Cl)C(=O)/C2=C\C=C2Oc3ccccc3N2C)c1. The molecule has 1 fully saturated rings. The quantitative estimate of drug-likeness (QED) is 0.338. The molecule has 0 radical (unpaired) electrons. The van der Waals surface area contributed by atoms with Gasteiger partial charge in [-0.1, -0.05) is 64.6 Å². The summed E-state index contributed by atoms with van der Waals surface area (Å²) in [5.74, 6) is 1.12. The number of benzene rings is 3. The maximum atomic E-state index is 13.6. The van der Waals surface area contributed by atoms with Crippen molar-refractivity contribution < 1.29 is 9.53 Å². The van der Waals surface area contributed by atoms with Gasteiger partial charge in [0.25, 0.3) is 5.91 Å². The lowest BCUT2D eigenvalue weighted by Gasteiger charge is -2.18. The van der Waals surface area contributed by atoms with Gasteiger partial charge in [0.15, 0.2) is 17.5 Å². The fraction of sp³-hybridized carbons (Fsp3) is 0.0769. The number of anilines is 2. The number of rotatable bonds is 3. The first kappa shape index (κ1) is 24.5. The Balaban J connectivity index is 1.60. The molecule has 0 saturated carbocycles. The number of carbonyl (C=O) groups excluding carboxylic acids is 1. The van der Waals surface area contributed by atoms with Gasteiger partial charge in [0.1, 0.15) is 5.69 Å². The molecular formula is C26H18Cl4N4O2. The van der Waals surface area contributed by atoms with Gasteiger partial charge in [0, 0.05) is 12.1 Å². The van der Waals surface area contributed by atoms with Crippen molar-refractivity contribution in [3.05, 3.63) is 104 Å². The number of nitrogens with zero attached hydrogens (tertiary/aromatic N) is 3. The second-order valence-corrected chi connectivity index (χ2v) is 9.76. The van der Waals surface area contributed by atoms with E-state index in [0.29, 0.717) is 21.6 Å². The number of aliphatic imine (C=N–C) groups is 1. The zero-order chi connectivity index (χ0) is 25.6. The molecule has 1 amide bonds. The molecule has 0 spiro atoms. The maximum Gasteiger partial charge on any atom is 0.280 e. The van der Waals surface area contributed by atoms with Crippen molar-refractivity contribution >= 4 is 75.2 Å². The second kappa shape index (κ2) is 9.71. The van der Waals surface area contributed by atoms with Crippen molar-refractivity contribution in [2.75, 3.05) is 17.0 Å². The zero-order valence-electron chi connectivity index (χ0n) is 19.0. The molecule has 2 heterocycles. The second-order valence-electron chi connectivity index (χ2n) is 8.10. The smallest absolute Gasteiger partial charge is 0.280 e. The van der Waals surface area contributed by atoms with E-state index in [1.807, 2.05) is 55.3 Å². The minimum Gasteiger partial charge on any atom is -0.439 e. The van der Waals surface area contributed by atoms with Gasteiger partial charge in [-0.25, -0.2) is 10.0 Å². The molecule has 6 nitrogen and oxygen atoms in total. The molecule has 182 valence electrons. The molecule has 36 heavy (non-hydrogen) atoms. The number of hydrogen-bond donors (Lipinski definition) is 1. The largest absolute Gasteiger partial charge is 0.439 e. The molecule has 2 aliphatic rings. The predicted octanol–water partition coefficient (Wildman–Crippen LogP) is 7.49. The highest BCUT2D eigenvalue weighted by atomic mass is 35.5. The molecule has 3 aromatic rings. The monoisotopic (exact) mass is 558 g/mol. The lowest BCUT2D eigenvalue weighted by molar-refractivity contribution is -0.114. The molecule has 5 rings (SSSR count). The Labute approximate surface area is 227 Å². The first-order valence-corrected chi connectivity index (χ1v) is 12.3. The van der Waals surface area contributed by atoms with E-state index in [-0.39, 0.29) is 27.1 Å². The van der Waals surface area contributed by atoms with E-state index in [0.717, 1.165) is 17.0 Å². The normalized spacial score (nSPS) is 18.3. The third-order valence-corrected chi connectivity index (χ3v) is 6.72. The standard InChI is InChI=1S/C26H18Cl4N4O2/c1-14-7-9-17(28)20(11-14)31-25-16(8-10-23-33(2)21-5-3-4-6-22(21)36-23)26(35)34(32-25)24-18(29)12-15(27)13-19(24)30/h3-13H,1-2H3,(H,31,32)/b16-8-,23-10?. The van der Waals surface area contributed by atoms with E-state index in [1.54, 1.807) is 18.2 Å². The maximum absolute atomic E-state index is 13.6. The lowest BCUT2D eigenvalue weighted by Crippen LogP contribution is -2.36. The highest BCUT2D eigenvalue weighted by Gasteiger charge is 2.35. The number of para-hydroxylation sites is 2. The summed E-state index contributed by atoms with van der Waals surface area (Å²) >= 11 is 25.3. The Hall–Kier alpha value is -3.16. The number of hydrogen-bond acceptors (Lipinski definition) is 4. The number of nitrogens with one attached hydrogen (secondary N) is 1. The van der Waals surface area contributed by atoms with E-state index >= 15 is 0 Å². The van der Waals surface area contributed by atoms with Crippen molar-refractivity contribution in [2.24, 2.45) is 4.99 Å². The van der Waals surface area contributed by atoms with Gasteiger partial charge < -0.3 is 9.64 Å². The fourth-order valence-corrected chi connectivity index (χ4v) is 4.98. The minimum absolute atomic E-state index is 0.204. The number of halogens is 4. The molecule has 0 aliphatic carbocycles. The Morgan fingerprint density at radius 1 is 0.944 bits per heavy atom. The lowest BCUT2D eigenvalue weighted by atomic mass is 10.2. The van der Waals surface area contributed by atoms with Crippen LogP contribution in [0.5, 0.6) is 5.75 Å². The molecule has 0 bridgehead atoms. The Morgan fingerprint density at radius 3 is 2.39 bits per heavy atom. The highest BCUT2D eigenvalue weighted by Crippen LogP contribution is 2.39. The molecule has 0 aromatic heterocycles. The molecule has 1 N–H and O–H groups in total. The van der Waals surface area contributed by atoms with Crippen molar-refractivity contribution in [3.8, 4) is 5.75 Å². The third-order valence-electron chi connectivity index (χ3n) is 5.61. The van der Waals surface area contributed by atoms with E-state index in [4.69, 9.17) is 51.1 Å². The van der Waals surface area contributed by atoms with E-state index in [9.17, 15) is 4.79 Å². The summed E-state index contributed by atoms with van der Waals surface area (Å²) in [5.41, 5.74) is 5.92. The van der Waals surface area contributed by atoms with Crippen LogP contribution in [-0.2, 0) is 4.79 Å². The first-order valence-electron chi connectivity index (χ1n) is 10.8. The van der Waals surface area contributed by atoms with Gasteiger partial charge in [0.05, 0.1) is 32.0 Å². The number of hydrazine groups is 1. The molecule has 3 aromatic carbocycles. The topological polar surface area (TPSA) is 57.2 Å². The number of ether oxygens (including phenoxy) is 1. The summed E-state index contributed by atoms with van der Waals surface area (Å²) in [6.07, 6.45) is 3.34. The Bertz CT molecular complexity index is 1480. The van der Waals surface area contributed by atoms with E-state index < -0.39 is 5.91 Å². The van der Waals surface area contributed by atoms with Gasteiger partial charge in [0.2, 0.25) is 0 Å². The molecule has 1 saturated heterocycles. The number of fused-ring (bicyclic) bond motifs is 1. The summed E-state index contributed by atoms with van der Waals surface area (Å²) in [4.78, 5) is 20.1. The summed E-state index contributed by atoms with van der Waals surface area (Å²) in [6.45, 7) is 1.93. The fourth-order valence-electron chi connectivity index (χ4n) is 3.83. The zero-order valence-corrected chi connectivity index (χ0v) is 22.0. The third kappa shape index (κ3) is 4.53. The van der Waals surface area contributed by atoms with Crippen LogP contribution in [0.1, 0.15) is 5.56 Å². The van der Waals surface area contributed by atoms with Gasteiger partial charge >= 0.3 is 0 Å². The van der Waals surface area contributed by atoms with Crippen molar-refractivity contribution in [1.82, 2.24) is 5.43 Å². The number of allylic oxidation sites excluding steroid dienone is 2. The number of carbonyl (C=O) groups is 1. The van der Waals surface area contributed by atoms with E-state index in [1.165, 1.54) is 17.1 Å². The van der Waals surface area contributed by atoms with Crippen LogP contribution in [0.2, 0.25) is 20.1 Å². The summed E-state index contributed by atoms with van der Waals surface area (Å²) in [6, 6.07) is 16.1. The van der Waals surface area contributed by atoms with Crippen LogP contribution >= 0.6 is 46.4 Å². The number of amides is 1. The van der Waals surface area contributed by atoms with Crippen LogP contribution in [-0.4, -0.2) is 18.8 Å². The molecular weight excluding hydrogens is 542 g/mol. The number of aryl methyl sites for hydroxylation is 1. The van der Waals surface area contributed by atoms with Crippen molar-refractivity contribution in [2.45, 2.75) is 6.92 Å². The van der Waals surface area contributed by atoms with Gasteiger partial charge in [-0.2, -0.15) is 0 Å². The summed E-state index contributed by atoms with van der Waals surface area (Å²) < 4.78 is 5.94. The average Bonchev–Trinajstić information content (AvgIpc) is 3.30. The highest BCUT2D eigenvalue weighted by molar-refractivity contribution is 6.44. The first-order chi connectivity index (χ1) is 17.2. The van der Waals surface area contributed by atoms with Crippen LogP contribution in [0.4, 0.5) is 17.1 Å². The molecule has 0 unspecified atom stereocenters. The van der Waals surface area contributed by atoms with Crippen molar-refractivity contribution in [3.63, 3.8) is 0 Å². The summed E-state index contributed by atoms with van der Waals surface area (Å²) in [7, 11) is 1.88. The molecule has 0 atom stereocenters. The predicted molar refractivity (Wildman–Crippen MR) is 147 cm³/mol. The van der Waals surface area contributed by atoms with Crippen LogP contribution in [0.3, 0.4) is 0 Å². The van der Waals surface area contributed by atoms with Crippen LogP contribution < -0.4 is 20.1 Å². The van der Waals surface area contributed by atoms with Crippen LogP contribution in [0.25, 0.3) is 0 Å².